The van der Waals surface area contributed by atoms with Crippen LogP contribution in [-0.2, 0) is 4.79 Å². The maximum atomic E-state index is 12.6. The number of fused-ring (bicyclic) bond motifs is 1. The molecule has 0 aromatic rings. The minimum Gasteiger partial charge on any atom is -0.334 e. The Kier molecular flexibility index (Phi) is 2.42. The van der Waals surface area contributed by atoms with Crippen LogP contribution < -0.4 is 5.32 Å². The lowest BCUT2D eigenvalue weighted by molar-refractivity contribution is -0.143. The van der Waals surface area contributed by atoms with Crippen molar-refractivity contribution < 1.29 is 9.59 Å². The van der Waals surface area contributed by atoms with E-state index in [1.807, 2.05) is 6.92 Å². The SMILES string of the molecule is CC12CCCC1NC(=O)N(C1CCCC1)C2=O. The van der Waals surface area contributed by atoms with E-state index in [0.717, 1.165) is 44.9 Å². The first-order valence-corrected chi connectivity index (χ1v) is 6.77. The van der Waals surface area contributed by atoms with E-state index in [0.29, 0.717) is 0 Å². The summed E-state index contributed by atoms with van der Waals surface area (Å²) in [6.07, 6.45) is 7.17. The molecule has 1 N–H and O–H groups in total. The van der Waals surface area contributed by atoms with E-state index in [1.54, 1.807) is 0 Å². The van der Waals surface area contributed by atoms with Crippen LogP contribution in [0.5, 0.6) is 0 Å². The predicted octanol–water partition coefficient (Wildman–Crippen LogP) is 2.04. The third-order valence-corrected chi connectivity index (χ3v) is 4.87. The maximum Gasteiger partial charge on any atom is 0.324 e. The van der Waals surface area contributed by atoms with Gasteiger partial charge in [-0.15, -0.1) is 0 Å². The number of nitrogens with zero attached hydrogens (tertiary/aromatic N) is 1. The van der Waals surface area contributed by atoms with Gasteiger partial charge in [-0.2, -0.15) is 0 Å². The molecule has 2 atom stereocenters. The zero-order valence-electron chi connectivity index (χ0n) is 10.4. The Balaban J connectivity index is 1.88. The van der Waals surface area contributed by atoms with Crippen molar-refractivity contribution >= 4 is 11.9 Å². The average molecular weight is 236 g/mol. The highest BCUT2D eigenvalue weighted by Crippen LogP contribution is 2.43. The van der Waals surface area contributed by atoms with Crippen molar-refractivity contribution in [2.45, 2.75) is 64.0 Å². The minimum atomic E-state index is -0.337. The monoisotopic (exact) mass is 236 g/mol. The van der Waals surface area contributed by atoms with Gasteiger partial charge in [0.25, 0.3) is 0 Å². The predicted molar refractivity (Wildman–Crippen MR) is 63.4 cm³/mol. The van der Waals surface area contributed by atoms with Gasteiger partial charge >= 0.3 is 6.03 Å². The van der Waals surface area contributed by atoms with E-state index in [9.17, 15) is 9.59 Å². The van der Waals surface area contributed by atoms with Crippen LogP contribution in [0.25, 0.3) is 0 Å². The van der Waals surface area contributed by atoms with Crippen LogP contribution in [0.2, 0.25) is 0 Å². The van der Waals surface area contributed by atoms with Crippen molar-refractivity contribution in [1.82, 2.24) is 10.2 Å². The molecule has 3 aliphatic rings. The second-order valence-corrected chi connectivity index (χ2v) is 5.93. The largest absolute Gasteiger partial charge is 0.334 e. The second-order valence-electron chi connectivity index (χ2n) is 5.93. The van der Waals surface area contributed by atoms with E-state index in [2.05, 4.69) is 5.32 Å². The number of carbonyl (C=O) groups is 2. The molecule has 3 rings (SSSR count). The topological polar surface area (TPSA) is 49.4 Å². The molecule has 4 nitrogen and oxygen atoms in total. The maximum absolute atomic E-state index is 12.6. The number of hydrogen-bond acceptors (Lipinski definition) is 2. The summed E-state index contributed by atoms with van der Waals surface area (Å²) in [6, 6.07) is 0.0762. The Bertz CT molecular complexity index is 362. The van der Waals surface area contributed by atoms with Crippen LogP contribution in [-0.4, -0.2) is 28.9 Å². The average Bonchev–Trinajstić information content (AvgIpc) is 2.90. The number of imide groups is 1. The van der Waals surface area contributed by atoms with Crippen molar-refractivity contribution in [2.75, 3.05) is 0 Å². The normalized spacial score (nSPS) is 38.4. The summed E-state index contributed by atoms with van der Waals surface area (Å²) in [6.45, 7) is 2.02. The lowest BCUT2D eigenvalue weighted by Crippen LogP contribution is -2.65. The number of rotatable bonds is 1. The summed E-state index contributed by atoms with van der Waals surface area (Å²) in [4.78, 5) is 26.2. The fraction of sp³-hybridized carbons (Fsp3) is 0.846. The molecule has 1 heterocycles. The van der Waals surface area contributed by atoms with Gasteiger partial charge in [-0.05, 0) is 32.6 Å². The number of hydrogen-bond donors (Lipinski definition) is 1. The third kappa shape index (κ3) is 1.49. The third-order valence-electron chi connectivity index (χ3n) is 4.87. The van der Waals surface area contributed by atoms with Crippen LogP contribution in [0, 0.1) is 5.41 Å². The zero-order valence-corrected chi connectivity index (χ0v) is 10.4. The Hall–Kier alpha value is -1.06. The van der Waals surface area contributed by atoms with Crippen molar-refractivity contribution in [3.05, 3.63) is 0 Å². The van der Waals surface area contributed by atoms with Gasteiger partial charge in [0, 0.05) is 12.1 Å². The first-order chi connectivity index (χ1) is 8.13. The lowest BCUT2D eigenvalue weighted by Gasteiger charge is -2.43. The molecule has 0 spiro atoms. The molecule has 0 aromatic carbocycles. The molecule has 94 valence electrons. The molecule has 3 fully saturated rings. The van der Waals surface area contributed by atoms with E-state index >= 15 is 0 Å². The standard InChI is InChI=1S/C13H20N2O2/c1-13-8-4-7-10(13)14-12(17)15(11(13)16)9-5-2-3-6-9/h9-10H,2-8H2,1H3,(H,14,17). The van der Waals surface area contributed by atoms with Crippen LogP contribution in [0.4, 0.5) is 4.79 Å². The van der Waals surface area contributed by atoms with Crippen molar-refractivity contribution in [3.63, 3.8) is 0 Å². The highest BCUT2D eigenvalue weighted by Gasteiger charge is 2.54. The summed E-state index contributed by atoms with van der Waals surface area (Å²) in [7, 11) is 0. The molecule has 2 saturated carbocycles. The molecule has 4 heteroatoms. The molecule has 0 bridgehead atoms. The molecule has 0 radical (unpaired) electrons. The van der Waals surface area contributed by atoms with Gasteiger partial charge < -0.3 is 5.32 Å². The van der Waals surface area contributed by atoms with Crippen LogP contribution in [0.15, 0.2) is 0 Å². The quantitative estimate of drug-likeness (QED) is 0.757. The molecule has 0 aromatic heterocycles. The summed E-state index contributed by atoms with van der Waals surface area (Å²) < 4.78 is 0. The molecule has 17 heavy (non-hydrogen) atoms. The number of amides is 3. The van der Waals surface area contributed by atoms with Gasteiger partial charge in [0.15, 0.2) is 0 Å². The molecule has 3 amide bonds. The first-order valence-electron chi connectivity index (χ1n) is 6.77. The smallest absolute Gasteiger partial charge is 0.324 e. The van der Waals surface area contributed by atoms with Gasteiger partial charge in [0.2, 0.25) is 5.91 Å². The molecule has 1 aliphatic heterocycles. The lowest BCUT2D eigenvalue weighted by atomic mass is 9.81. The zero-order chi connectivity index (χ0) is 12.0. The summed E-state index contributed by atoms with van der Waals surface area (Å²) in [5.74, 6) is 0.0793. The minimum absolute atomic E-state index is 0.0696. The van der Waals surface area contributed by atoms with E-state index in [-0.39, 0.29) is 29.4 Å². The highest BCUT2D eigenvalue weighted by atomic mass is 16.2. The summed E-state index contributed by atoms with van der Waals surface area (Å²) >= 11 is 0. The van der Waals surface area contributed by atoms with Gasteiger partial charge in [0.1, 0.15) is 0 Å². The fourth-order valence-corrected chi connectivity index (χ4v) is 3.73. The van der Waals surface area contributed by atoms with Crippen LogP contribution >= 0.6 is 0 Å². The van der Waals surface area contributed by atoms with E-state index < -0.39 is 0 Å². The molecule has 2 unspecified atom stereocenters. The number of urea groups is 1. The molecule has 1 saturated heterocycles. The molecular weight excluding hydrogens is 216 g/mol. The Morgan fingerprint density at radius 2 is 1.88 bits per heavy atom. The van der Waals surface area contributed by atoms with Crippen molar-refractivity contribution in [2.24, 2.45) is 5.41 Å². The van der Waals surface area contributed by atoms with Crippen LogP contribution in [0.1, 0.15) is 51.9 Å². The van der Waals surface area contributed by atoms with Gasteiger partial charge in [-0.3, -0.25) is 9.69 Å². The van der Waals surface area contributed by atoms with Gasteiger partial charge in [0.05, 0.1) is 5.41 Å². The van der Waals surface area contributed by atoms with Gasteiger partial charge in [-0.1, -0.05) is 19.3 Å². The number of nitrogens with one attached hydrogen (secondary N) is 1. The second kappa shape index (κ2) is 3.72. The number of carbonyl (C=O) groups excluding carboxylic acids is 2. The van der Waals surface area contributed by atoms with Crippen molar-refractivity contribution in [3.8, 4) is 0 Å². The Labute approximate surface area is 102 Å². The molecule has 2 aliphatic carbocycles. The fourth-order valence-electron chi connectivity index (χ4n) is 3.73. The Morgan fingerprint density at radius 3 is 2.59 bits per heavy atom. The highest BCUT2D eigenvalue weighted by molar-refractivity contribution is 6.01. The van der Waals surface area contributed by atoms with E-state index in [1.165, 1.54) is 4.90 Å². The molecular formula is C13H20N2O2. The Morgan fingerprint density at radius 1 is 1.18 bits per heavy atom. The summed E-state index contributed by atoms with van der Waals surface area (Å²) in [5.41, 5.74) is -0.337. The van der Waals surface area contributed by atoms with Crippen molar-refractivity contribution in [1.29, 1.82) is 0 Å². The first kappa shape index (κ1) is 11.1. The van der Waals surface area contributed by atoms with Gasteiger partial charge in [-0.25, -0.2) is 4.79 Å². The summed E-state index contributed by atoms with van der Waals surface area (Å²) in [5, 5.41) is 3.04. The van der Waals surface area contributed by atoms with E-state index in [4.69, 9.17) is 0 Å². The van der Waals surface area contributed by atoms with Crippen LogP contribution in [0.3, 0.4) is 0 Å².